The molecule has 0 aromatic carbocycles. The molecule has 388 valence electrons. The summed E-state index contributed by atoms with van der Waals surface area (Å²) in [6, 6.07) is -0.852. The van der Waals surface area contributed by atoms with Crippen LogP contribution in [-0.2, 0) is 28.9 Å². The van der Waals surface area contributed by atoms with Crippen LogP contribution in [0.5, 0.6) is 0 Å². The molecule has 0 aliphatic carbocycles. The first kappa shape index (κ1) is 62.1. The third kappa shape index (κ3) is 35.8. The average molecular weight is 950 g/mol. The molecule has 1 fully saturated rings. The maximum Gasteiger partial charge on any atom is 0.397 e. The summed E-state index contributed by atoms with van der Waals surface area (Å²) < 4.78 is 47.8. The second-order valence-electron chi connectivity index (χ2n) is 19.5. The van der Waals surface area contributed by atoms with Crippen molar-refractivity contribution in [3.8, 4) is 0 Å². The topological polar surface area (TPSA) is 192 Å². The van der Waals surface area contributed by atoms with E-state index in [0.29, 0.717) is 12.8 Å². The molecule has 1 rings (SSSR count). The van der Waals surface area contributed by atoms with Gasteiger partial charge in [0.15, 0.2) is 6.29 Å². The van der Waals surface area contributed by atoms with Crippen LogP contribution in [-0.4, -0.2) is 95.4 Å². The fraction of sp³-hybridized carbons (Fsp3) is 0.981. The van der Waals surface area contributed by atoms with Gasteiger partial charge in [-0.25, -0.2) is 4.18 Å². The molecule has 1 heterocycles. The molecule has 12 nitrogen and oxygen atoms in total. The van der Waals surface area contributed by atoms with Crippen LogP contribution in [0.3, 0.4) is 0 Å². The number of aliphatic hydroxyl groups excluding tert-OH is 4. The summed E-state index contributed by atoms with van der Waals surface area (Å²) in [5, 5.41) is 45.0. The molecule has 1 saturated heterocycles. The molecule has 0 saturated carbocycles. The van der Waals surface area contributed by atoms with Crippen molar-refractivity contribution < 1.29 is 51.8 Å². The Balaban J connectivity index is 2.36. The normalized spacial score (nSPS) is 20.0. The number of unbranched alkanes of at least 4 members (excludes halogenated alkanes) is 36. The summed E-state index contributed by atoms with van der Waals surface area (Å²) >= 11 is 0. The minimum Gasteiger partial charge on any atom is -0.394 e. The summed E-state index contributed by atoms with van der Waals surface area (Å²) in [6.45, 7) is 3.49. The first-order valence-corrected chi connectivity index (χ1v) is 28.8. The highest BCUT2D eigenvalue weighted by molar-refractivity contribution is 7.80. The Kier molecular flexibility index (Phi) is 41.2. The lowest BCUT2D eigenvalue weighted by Crippen LogP contribution is -2.61. The molecule has 1 aliphatic heterocycles. The first-order chi connectivity index (χ1) is 31.5. The molecule has 6 N–H and O–H groups in total. The van der Waals surface area contributed by atoms with Crippen LogP contribution >= 0.6 is 0 Å². The molecule has 0 radical (unpaired) electrons. The molecule has 0 aromatic heterocycles. The number of rotatable bonds is 48. The molecule has 65 heavy (non-hydrogen) atoms. The van der Waals surface area contributed by atoms with E-state index in [0.717, 1.165) is 51.4 Å². The number of hydrogen-bond acceptors (Lipinski definition) is 10. The van der Waals surface area contributed by atoms with Gasteiger partial charge in [-0.3, -0.25) is 9.35 Å². The smallest absolute Gasteiger partial charge is 0.394 e. The molecule has 0 bridgehead atoms. The van der Waals surface area contributed by atoms with Crippen LogP contribution in [0.15, 0.2) is 0 Å². The zero-order valence-electron chi connectivity index (χ0n) is 41.8. The molecular formula is C52H103NO11S. The van der Waals surface area contributed by atoms with Crippen molar-refractivity contribution in [2.24, 2.45) is 0 Å². The predicted octanol–water partition coefficient (Wildman–Crippen LogP) is 12.1. The Morgan fingerprint density at radius 3 is 1.23 bits per heavy atom. The van der Waals surface area contributed by atoms with Gasteiger partial charge in [0.2, 0.25) is 5.91 Å². The van der Waals surface area contributed by atoms with Crippen molar-refractivity contribution in [1.82, 2.24) is 5.32 Å². The quantitative estimate of drug-likeness (QED) is 0.0251. The van der Waals surface area contributed by atoms with Crippen LogP contribution in [0, 0.1) is 0 Å². The first-order valence-electron chi connectivity index (χ1n) is 27.4. The minimum atomic E-state index is -5.08. The van der Waals surface area contributed by atoms with Crippen molar-refractivity contribution >= 4 is 16.3 Å². The van der Waals surface area contributed by atoms with E-state index >= 15 is 0 Å². The summed E-state index contributed by atoms with van der Waals surface area (Å²) in [7, 11) is -5.08. The van der Waals surface area contributed by atoms with Gasteiger partial charge >= 0.3 is 10.4 Å². The summed E-state index contributed by atoms with van der Waals surface area (Å²) in [4.78, 5) is 13.1. The monoisotopic (exact) mass is 950 g/mol. The van der Waals surface area contributed by atoms with E-state index in [4.69, 9.17) is 9.47 Å². The fourth-order valence-corrected chi connectivity index (χ4v) is 9.68. The Morgan fingerprint density at radius 1 is 0.554 bits per heavy atom. The summed E-state index contributed by atoms with van der Waals surface area (Å²) in [5.41, 5.74) is 0. The van der Waals surface area contributed by atoms with Gasteiger partial charge in [0.05, 0.1) is 25.4 Å². The van der Waals surface area contributed by atoms with Crippen molar-refractivity contribution in [2.75, 3.05) is 13.2 Å². The number of carbonyl (C=O) groups is 1. The molecule has 1 amide bonds. The van der Waals surface area contributed by atoms with Gasteiger partial charge in [-0.05, 0) is 12.8 Å². The van der Waals surface area contributed by atoms with Crippen LogP contribution in [0.1, 0.15) is 271 Å². The van der Waals surface area contributed by atoms with Crippen molar-refractivity contribution in [2.45, 2.75) is 314 Å². The fourth-order valence-electron chi connectivity index (χ4n) is 9.17. The maximum atomic E-state index is 13.1. The van der Waals surface area contributed by atoms with E-state index < -0.39 is 59.9 Å². The average Bonchev–Trinajstić information content (AvgIpc) is 3.28. The van der Waals surface area contributed by atoms with E-state index in [1.165, 1.54) is 193 Å². The maximum absolute atomic E-state index is 13.1. The van der Waals surface area contributed by atoms with Crippen molar-refractivity contribution in [3.63, 3.8) is 0 Å². The van der Waals surface area contributed by atoms with Crippen LogP contribution in [0.25, 0.3) is 0 Å². The van der Waals surface area contributed by atoms with E-state index in [1.807, 2.05) is 0 Å². The molecule has 0 aromatic rings. The highest BCUT2D eigenvalue weighted by Gasteiger charge is 2.48. The van der Waals surface area contributed by atoms with Crippen LogP contribution in [0.2, 0.25) is 0 Å². The molecule has 1 aliphatic rings. The molecule has 0 spiro atoms. The van der Waals surface area contributed by atoms with Crippen molar-refractivity contribution in [3.05, 3.63) is 0 Å². The SMILES string of the molecule is CCCCCCCCCCCCCCCCCCCCCCCCC(=O)NC(COC1OC(CO)C(O)C(OS(=O)(=O)O)C1O)C(O)CCCCCCCCCCCCCCCCCC. The Morgan fingerprint density at radius 2 is 0.892 bits per heavy atom. The van der Waals surface area contributed by atoms with Gasteiger partial charge < -0.3 is 35.2 Å². The zero-order valence-corrected chi connectivity index (χ0v) is 42.7. The second kappa shape index (κ2) is 43.1. The zero-order chi connectivity index (χ0) is 47.6. The number of aliphatic hydroxyl groups is 4. The highest BCUT2D eigenvalue weighted by Crippen LogP contribution is 2.26. The van der Waals surface area contributed by atoms with Gasteiger partial charge in [-0.2, -0.15) is 8.42 Å². The number of hydrogen-bond donors (Lipinski definition) is 6. The summed E-state index contributed by atoms with van der Waals surface area (Å²) in [5.74, 6) is -0.223. The highest BCUT2D eigenvalue weighted by atomic mass is 32.3. The number of nitrogens with one attached hydrogen (secondary N) is 1. The molecular weight excluding hydrogens is 847 g/mol. The number of carbonyl (C=O) groups excluding carboxylic acids is 1. The van der Waals surface area contributed by atoms with Gasteiger partial charge in [0.1, 0.15) is 24.4 Å². The molecule has 13 heteroatoms. The largest absolute Gasteiger partial charge is 0.397 e. The third-order valence-electron chi connectivity index (χ3n) is 13.4. The Hall–Kier alpha value is -0.900. The molecule has 7 atom stereocenters. The number of amides is 1. The second-order valence-corrected chi connectivity index (χ2v) is 20.6. The predicted molar refractivity (Wildman–Crippen MR) is 264 cm³/mol. The Bertz CT molecular complexity index is 1160. The lowest BCUT2D eigenvalue weighted by atomic mass is 9.99. The van der Waals surface area contributed by atoms with Gasteiger partial charge in [0.25, 0.3) is 0 Å². The van der Waals surface area contributed by atoms with Crippen LogP contribution < -0.4 is 5.32 Å². The lowest BCUT2D eigenvalue weighted by molar-refractivity contribution is -0.298. The van der Waals surface area contributed by atoms with Crippen molar-refractivity contribution in [1.29, 1.82) is 0 Å². The van der Waals surface area contributed by atoms with E-state index in [2.05, 4.69) is 23.3 Å². The van der Waals surface area contributed by atoms with Gasteiger partial charge in [0, 0.05) is 6.42 Å². The minimum absolute atomic E-state index is 0.223. The lowest BCUT2D eigenvalue weighted by Gasteiger charge is -2.41. The van der Waals surface area contributed by atoms with Gasteiger partial charge in [-0.15, -0.1) is 0 Å². The van der Waals surface area contributed by atoms with Gasteiger partial charge in [-0.1, -0.05) is 251 Å². The third-order valence-corrected chi connectivity index (χ3v) is 13.9. The number of ether oxygens (including phenoxy) is 2. The summed E-state index contributed by atoms with van der Waals surface area (Å²) in [6.07, 6.45) is 39.6. The van der Waals surface area contributed by atoms with E-state index in [1.54, 1.807) is 0 Å². The standard InChI is InChI=1S/C52H103NO11S/c1-3-5-7-9-11-13-15-17-19-21-22-23-24-25-26-28-30-32-34-36-38-40-42-48(56)53-45(44-62-52-50(58)51(64-65(59,60)61)49(57)47(43-54)63-52)46(55)41-39-37-35-33-31-29-27-20-18-16-14-12-10-8-6-4-2/h45-47,49-52,54-55,57-58H,3-44H2,1-2H3,(H,53,56)(H,59,60,61). The molecule has 7 unspecified atom stereocenters. The van der Waals surface area contributed by atoms with E-state index in [9.17, 15) is 38.2 Å². The van der Waals surface area contributed by atoms with Crippen LogP contribution in [0.4, 0.5) is 0 Å². The Labute approximate surface area is 398 Å². The van der Waals surface area contributed by atoms with E-state index in [-0.39, 0.29) is 12.5 Å².